The predicted molar refractivity (Wildman–Crippen MR) is 130 cm³/mol. The highest BCUT2D eigenvalue weighted by molar-refractivity contribution is 7.89. The SMILES string of the molecule is CC(C)Cc1ncc(-c2ccc3c(c2)oc2ccc(S(=O)(=O)N[C@@H](C(=O)O)C(C)C)cc23)s1. The number of nitrogens with one attached hydrogen (secondary N) is 1. The molecular formula is C24H26N2O5S2. The Bertz CT molecular complexity index is 1430. The molecule has 0 saturated heterocycles. The van der Waals surface area contributed by atoms with Gasteiger partial charge in [0.25, 0.3) is 0 Å². The van der Waals surface area contributed by atoms with Crippen molar-refractivity contribution in [2.75, 3.05) is 0 Å². The zero-order valence-electron chi connectivity index (χ0n) is 18.8. The average Bonchev–Trinajstić information content (AvgIpc) is 3.34. The van der Waals surface area contributed by atoms with Gasteiger partial charge < -0.3 is 9.52 Å². The molecule has 2 aromatic carbocycles. The molecule has 0 aliphatic rings. The summed E-state index contributed by atoms with van der Waals surface area (Å²) in [5.41, 5.74) is 2.20. The number of aliphatic carboxylic acids is 1. The summed E-state index contributed by atoms with van der Waals surface area (Å²) >= 11 is 1.66. The van der Waals surface area contributed by atoms with Crippen molar-refractivity contribution in [3.05, 3.63) is 47.6 Å². The third kappa shape index (κ3) is 4.80. The number of aromatic nitrogens is 1. The molecule has 0 amide bonds. The number of hydrogen-bond donors (Lipinski definition) is 2. The van der Waals surface area contributed by atoms with E-state index in [4.69, 9.17) is 4.42 Å². The molecule has 174 valence electrons. The van der Waals surface area contributed by atoms with Crippen LogP contribution in [0.4, 0.5) is 0 Å². The summed E-state index contributed by atoms with van der Waals surface area (Å²) in [5, 5.41) is 11.9. The molecule has 0 fully saturated rings. The molecule has 0 bridgehead atoms. The molecular weight excluding hydrogens is 460 g/mol. The van der Waals surface area contributed by atoms with Crippen LogP contribution in [0, 0.1) is 11.8 Å². The molecule has 0 aliphatic heterocycles. The van der Waals surface area contributed by atoms with Crippen molar-refractivity contribution in [2.45, 2.75) is 45.1 Å². The van der Waals surface area contributed by atoms with Crippen molar-refractivity contribution in [2.24, 2.45) is 11.8 Å². The summed E-state index contributed by atoms with van der Waals surface area (Å²) < 4.78 is 34.0. The molecule has 2 aromatic heterocycles. The highest BCUT2D eigenvalue weighted by atomic mass is 32.2. The normalized spacial score (nSPS) is 13.4. The average molecular weight is 487 g/mol. The number of furan rings is 1. The topological polar surface area (TPSA) is 110 Å². The second-order valence-corrected chi connectivity index (χ2v) is 11.7. The first-order chi connectivity index (χ1) is 15.5. The van der Waals surface area contributed by atoms with Gasteiger partial charge in [0, 0.05) is 23.4 Å². The molecule has 0 spiro atoms. The molecule has 7 nitrogen and oxygen atoms in total. The lowest BCUT2D eigenvalue weighted by atomic mass is 10.1. The number of carbonyl (C=O) groups is 1. The Morgan fingerprint density at radius 2 is 1.85 bits per heavy atom. The summed E-state index contributed by atoms with van der Waals surface area (Å²) in [6.07, 6.45) is 2.80. The fraction of sp³-hybridized carbons (Fsp3) is 0.333. The second kappa shape index (κ2) is 8.89. The van der Waals surface area contributed by atoms with Crippen molar-refractivity contribution in [1.29, 1.82) is 0 Å². The highest BCUT2D eigenvalue weighted by Crippen LogP contribution is 2.35. The lowest BCUT2D eigenvalue weighted by molar-refractivity contribution is -0.140. The van der Waals surface area contributed by atoms with Crippen LogP contribution >= 0.6 is 11.3 Å². The molecule has 0 aliphatic carbocycles. The lowest BCUT2D eigenvalue weighted by Crippen LogP contribution is -2.44. The molecule has 1 atom stereocenters. The van der Waals surface area contributed by atoms with Crippen LogP contribution in [0.25, 0.3) is 32.4 Å². The van der Waals surface area contributed by atoms with Gasteiger partial charge >= 0.3 is 5.97 Å². The quantitative estimate of drug-likeness (QED) is 0.350. The number of benzene rings is 2. The first-order valence-electron chi connectivity index (χ1n) is 10.7. The summed E-state index contributed by atoms with van der Waals surface area (Å²) in [7, 11) is -4.03. The van der Waals surface area contributed by atoms with Gasteiger partial charge in [-0.2, -0.15) is 4.72 Å². The van der Waals surface area contributed by atoms with Gasteiger partial charge in [0.15, 0.2) is 0 Å². The van der Waals surface area contributed by atoms with Gasteiger partial charge in [0.05, 0.1) is 14.8 Å². The number of nitrogens with zero attached hydrogens (tertiary/aromatic N) is 1. The lowest BCUT2D eigenvalue weighted by Gasteiger charge is -2.17. The van der Waals surface area contributed by atoms with E-state index in [1.807, 2.05) is 24.4 Å². The highest BCUT2D eigenvalue weighted by Gasteiger charge is 2.28. The third-order valence-corrected chi connectivity index (χ3v) is 7.90. The van der Waals surface area contributed by atoms with E-state index in [2.05, 4.69) is 23.6 Å². The Balaban J connectivity index is 1.70. The number of sulfonamides is 1. The second-order valence-electron chi connectivity index (χ2n) is 8.87. The van der Waals surface area contributed by atoms with Gasteiger partial charge in [0.1, 0.15) is 17.2 Å². The molecule has 0 saturated carbocycles. The van der Waals surface area contributed by atoms with Crippen LogP contribution in [0.3, 0.4) is 0 Å². The van der Waals surface area contributed by atoms with Crippen LogP contribution in [-0.2, 0) is 21.2 Å². The van der Waals surface area contributed by atoms with Gasteiger partial charge in [-0.25, -0.2) is 13.4 Å². The van der Waals surface area contributed by atoms with Crippen LogP contribution in [0.2, 0.25) is 0 Å². The van der Waals surface area contributed by atoms with Crippen LogP contribution in [-0.4, -0.2) is 30.5 Å². The first-order valence-corrected chi connectivity index (χ1v) is 13.0. The number of carboxylic acid groups (broad SMARTS) is 1. The monoisotopic (exact) mass is 486 g/mol. The minimum Gasteiger partial charge on any atom is -0.480 e. The van der Waals surface area contributed by atoms with E-state index >= 15 is 0 Å². The Labute approximate surface area is 196 Å². The molecule has 2 N–H and O–H groups in total. The molecule has 4 rings (SSSR count). The van der Waals surface area contributed by atoms with Crippen molar-refractivity contribution in [1.82, 2.24) is 9.71 Å². The summed E-state index contributed by atoms with van der Waals surface area (Å²) in [4.78, 5) is 17.0. The Kier molecular flexibility index (Phi) is 6.30. The van der Waals surface area contributed by atoms with E-state index in [0.29, 0.717) is 22.5 Å². The minimum atomic E-state index is -4.03. The van der Waals surface area contributed by atoms with Crippen LogP contribution in [0.1, 0.15) is 32.7 Å². The maximum absolute atomic E-state index is 12.9. The van der Waals surface area contributed by atoms with Gasteiger partial charge in [-0.05, 0) is 47.7 Å². The molecule has 33 heavy (non-hydrogen) atoms. The smallest absolute Gasteiger partial charge is 0.322 e. The Morgan fingerprint density at radius 3 is 2.52 bits per heavy atom. The Hall–Kier alpha value is -2.75. The summed E-state index contributed by atoms with van der Waals surface area (Å²) in [6, 6.07) is 9.16. The number of thiazole rings is 1. The van der Waals surface area contributed by atoms with Crippen molar-refractivity contribution >= 4 is 49.3 Å². The van der Waals surface area contributed by atoms with Gasteiger partial charge in [-0.1, -0.05) is 33.8 Å². The summed E-state index contributed by atoms with van der Waals surface area (Å²) in [5.74, 6) is -1.08. The predicted octanol–water partition coefficient (Wildman–Crippen LogP) is 5.30. The zero-order valence-corrected chi connectivity index (χ0v) is 20.5. The van der Waals surface area contributed by atoms with Gasteiger partial charge in [-0.15, -0.1) is 11.3 Å². The van der Waals surface area contributed by atoms with E-state index in [1.165, 1.54) is 12.1 Å². The van der Waals surface area contributed by atoms with E-state index in [1.54, 1.807) is 31.3 Å². The Morgan fingerprint density at radius 1 is 1.09 bits per heavy atom. The zero-order chi connectivity index (χ0) is 23.9. The van der Waals surface area contributed by atoms with Crippen molar-refractivity contribution in [3.8, 4) is 10.4 Å². The van der Waals surface area contributed by atoms with E-state index in [-0.39, 0.29) is 4.90 Å². The number of hydrogen-bond acceptors (Lipinski definition) is 6. The van der Waals surface area contributed by atoms with Crippen LogP contribution in [0.5, 0.6) is 0 Å². The number of carboxylic acids is 1. The van der Waals surface area contributed by atoms with Gasteiger partial charge in [0.2, 0.25) is 10.0 Å². The molecule has 9 heteroatoms. The van der Waals surface area contributed by atoms with Crippen molar-refractivity contribution in [3.63, 3.8) is 0 Å². The van der Waals surface area contributed by atoms with E-state index in [9.17, 15) is 18.3 Å². The first kappa shape index (κ1) is 23.4. The van der Waals surface area contributed by atoms with Crippen LogP contribution in [0.15, 0.2) is 51.9 Å². The minimum absolute atomic E-state index is 0.00513. The molecule has 4 aromatic rings. The molecule has 2 heterocycles. The molecule has 0 unspecified atom stereocenters. The standard InChI is InChI=1S/C24H26N2O5S2/c1-13(2)9-22-25-12-21(32-22)15-5-7-17-18-11-16(6-8-19(18)31-20(17)10-15)33(29,30)26-23(14(3)4)24(27)28/h5-8,10-14,23,26H,9H2,1-4H3,(H,27,28)/t23-/m1/s1. The largest absolute Gasteiger partial charge is 0.480 e. The number of fused-ring (bicyclic) bond motifs is 3. The summed E-state index contributed by atoms with van der Waals surface area (Å²) in [6.45, 7) is 7.63. The third-order valence-electron chi connectivity index (χ3n) is 5.39. The maximum atomic E-state index is 12.9. The maximum Gasteiger partial charge on any atom is 0.322 e. The molecule has 0 radical (unpaired) electrons. The van der Waals surface area contributed by atoms with Crippen molar-refractivity contribution < 1.29 is 22.7 Å². The number of rotatable bonds is 8. The van der Waals surface area contributed by atoms with Gasteiger partial charge in [-0.3, -0.25) is 4.79 Å². The van der Waals surface area contributed by atoms with Crippen LogP contribution < -0.4 is 4.72 Å². The van der Waals surface area contributed by atoms with E-state index in [0.717, 1.165) is 27.3 Å². The van der Waals surface area contributed by atoms with E-state index < -0.39 is 28.0 Å². The fourth-order valence-electron chi connectivity index (χ4n) is 3.67. The fourth-order valence-corrected chi connectivity index (χ4v) is 6.16.